The van der Waals surface area contributed by atoms with Gasteiger partial charge in [0.2, 0.25) is 5.91 Å². The predicted molar refractivity (Wildman–Crippen MR) is 87.6 cm³/mol. The molecule has 1 aromatic carbocycles. The molecule has 2 atom stereocenters. The molecule has 3 amide bonds. The smallest absolute Gasteiger partial charge is 0.319 e. The highest BCUT2D eigenvalue weighted by Crippen LogP contribution is 2.32. The molecule has 1 aliphatic rings. The Morgan fingerprint density at radius 2 is 1.68 bits per heavy atom. The van der Waals surface area contributed by atoms with Gasteiger partial charge in [-0.15, -0.1) is 0 Å². The molecule has 120 valence electrons. The van der Waals surface area contributed by atoms with Crippen LogP contribution in [0.25, 0.3) is 0 Å². The zero-order valence-corrected chi connectivity index (χ0v) is 13.4. The van der Waals surface area contributed by atoms with Gasteiger partial charge in [0.15, 0.2) is 0 Å². The number of urea groups is 1. The summed E-state index contributed by atoms with van der Waals surface area (Å²) in [6.45, 7) is 5.88. The number of hydrogen-bond acceptors (Lipinski definition) is 2. The van der Waals surface area contributed by atoms with Crippen molar-refractivity contribution in [2.24, 2.45) is 11.8 Å². The van der Waals surface area contributed by atoms with Gasteiger partial charge in [0, 0.05) is 11.7 Å². The molecule has 1 aromatic rings. The first-order valence-corrected chi connectivity index (χ1v) is 7.90. The normalized spacial score (nSPS) is 16.7. The largest absolute Gasteiger partial charge is 0.352 e. The van der Waals surface area contributed by atoms with Crippen molar-refractivity contribution in [3.63, 3.8) is 0 Å². The lowest BCUT2D eigenvalue weighted by Gasteiger charge is -2.24. The lowest BCUT2D eigenvalue weighted by Crippen LogP contribution is -2.52. The van der Waals surface area contributed by atoms with Gasteiger partial charge in [0.1, 0.15) is 6.04 Å². The number of carbonyl (C=O) groups is 2. The highest BCUT2D eigenvalue weighted by Gasteiger charge is 2.32. The fraction of sp³-hybridized carbons (Fsp3) is 0.529. The molecular weight excluding hydrogens is 278 g/mol. The van der Waals surface area contributed by atoms with Gasteiger partial charge >= 0.3 is 6.03 Å². The Morgan fingerprint density at radius 3 is 2.23 bits per heavy atom. The van der Waals surface area contributed by atoms with Gasteiger partial charge in [-0.05, 0) is 43.7 Å². The zero-order chi connectivity index (χ0) is 16.1. The van der Waals surface area contributed by atoms with Gasteiger partial charge in [-0.2, -0.15) is 0 Å². The van der Waals surface area contributed by atoms with E-state index in [1.54, 1.807) is 12.1 Å². The first-order valence-electron chi connectivity index (χ1n) is 7.90. The van der Waals surface area contributed by atoms with Crippen LogP contribution in [0.2, 0.25) is 0 Å². The van der Waals surface area contributed by atoms with E-state index in [0.717, 1.165) is 0 Å². The molecule has 0 bridgehead atoms. The lowest BCUT2D eigenvalue weighted by atomic mass is 10.0. The second-order valence-corrected chi connectivity index (χ2v) is 6.32. The highest BCUT2D eigenvalue weighted by molar-refractivity contribution is 5.93. The van der Waals surface area contributed by atoms with Gasteiger partial charge in [0.05, 0.1) is 0 Å². The molecule has 1 aliphatic carbocycles. The van der Waals surface area contributed by atoms with E-state index in [1.807, 2.05) is 39.0 Å². The molecule has 0 radical (unpaired) electrons. The summed E-state index contributed by atoms with van der Waals surface area (Å²) in [6, 6.07) is 8.46. The van der Waals surface area contributed by atoms with Crippen molar-refractivity contribution in [2.45, 2.75) is 45.7 Å². The summed E-state index contributed by atoms with van der Waals surface area (Å²) in [5.74, 6) is 0.500. The Labute approximate surface area is 131 Å². The molecule has 0 spiro atoms. The lowest BCUT2D eigenvalue weighted by molar-refractivity contribution is -0.124. The Bertz CT molecular complexity index is 512. The molecule has 0 aromatic heterocycles. The molecule has 0 saturated heterocycles. The van der Waals surface area contributed by atoms with Crippen LogP contribution in [0.3, 0.4) is 0 Å². The van der Waals surface area contributed by atoms with Crippen LogP contribution in [0.5, 0.6) is 0 Å². The van der Waals surface area contributed by atoms with E-state index in [9.17, 15) is 9.59 Å². The van der Waals surface area contributed by atoms with E-state index in [2.05, 4.69) is 16.0 Å². The molecule has 1 saturated carbocycles. The topological polar surface area (TPSA) is 70.2 Å². The third-order valence-electron chi connectivity index (χ3n) is 3.97. The Hall–Kier alpha value is -2.04. The molecule has 1 fully saturated rings. The van der Waals surface area contributed by atoms with Crippen molar-refractivity contribution >= 4 is 17.6 Å². The molecular formula is C17H25N3O2. The van der Waals surface area contributed by atoms with Gasteiger partial charge < -0.3 is 16.0 Å². The minimum absolute atomic E-state index is 0.0212. The Kier molecular flexibility index (Phi) is 5.41. The van der Waals surface area contributed by atoms with Crippen LogP contribution in [0.4, 0.5) is 10.5 Å². The molecule has 2 rings (SSSR count). The monoisotopic (exact) mass is 303 g/mol. The standard InChI is InChI=1S/C17H25N3O2/c1-11(2)15(16(21)18-12(3)13-9-10-13)20-17(22)19-14-7-5-4-6-8-14/h4-8,11-13,15H,9-10H2,1-3H3,(H,18,21)(H2,19,20,22). The van der Waals surface area contributed by atoms with Crippen molar-refractivity contribution < 1.29 is 9.59 Å². The van der Waals surface area contributed by atoms with Gasteiger partial charge in [-0.1, -0.05) is 32.0 Å². The van der Waals surface area contributed by atoms with Crippen molar-refractivity contribution in [3.05, 3.63) is 30.3 Å². The quantitative estimate of drug-likeness (QED) is 0.756. The van der Waals surface area contributed by atoms with Crippen LogP contribution in [0, 0.1) is 11.8 Å². The molecule has 5 nitrogen and oxygen atoms in total. The summed E-state index contributed by atoms with van der Waals surface area (Å²) in [5.41, 5.74) is 0.703. The van der Waals surface area contributed by atoms with E-state index < -0.39 is 6.04 Å². The summed E-state index contributed by atoms with van der Waals surface area (Å²) in [4.78, 5) is 24.4. The summed E-state index contributed by atoms with van der Waals surface area (Å²) in [6.07, 6.45) is 2.35. The second kappa shape index (κ2) is 7.29. The molecule has 0 aliphatic heterocycles. The molecule has 5 heteroatoms. The first-order chi connectivity index (χ1) is 10.5. The van der Waals surface area contributed by atoms with Crippen LogP contribution < -0.4 is 16.0 Å². The third kappa shape index (κ3) is 4.76. The van der Waals surface area contributed by atoms with Crippen LogP contribution in [-0.2, 0) is 4.79 Å². The number of benzene rings is 1. The van der Waals surface area contributed by atoms with E-state index in [-0.39, 0.29) is 23.9 Å². The van der Waals surface area contributed by atoms with Crippen molar-refractivity contribution in [2.75, 3.05) is 5.32 Å². The predicted octanol–water partition coefficient (Wildman–Crippen LogP) is 2.75. The molecule has 2 unspecified atom stereocenters. The van der Waals surface area contributed by atoms with Crippen LogP contribution in [-0.4, -0.2) is 24.0 Å². The van der Waals surface area contributed by atoms with Gasteiger partial charge in [0.25, 0.3) is 0 Å². The average Bonchev–Trinajstić information content (AvgIpc) is 3.30. The Balaban J connectivity index is 1.89. The minimum atomic E-state index is -0.537. The number of para-hydroxylation sites is 1. The SMILES string of the molecule is CC(C)C(NC(=O)Nc1ccccc1)C(=O)NC(C)C1CC1. The summed E-state index contributed by atoms with van der Waals surface area (Å²) >= 11 is 0. The fourth-order valence-corrected chi connectivity index (χ4v) is 2.39. The minimum Gasteiger partial charge on any atom is -0.352 e. The van der Waals surface area contributed by atoms with E-state index in [1.165, 1.54) is 12.8 Å². The van der Waals surface area contributed by atoms with Crippen molar-refractivity contribution in [3.8, 4) is 0 Å². The maximum Gasteiger partial charge on any atom is 0.319 e. The highest BCUT2D eigenvalue weighted by atomic mass is 16.2. The summed E-state index contributed by atoms with van der Waals surface area (Å²) < 4.78 is 0. The number of carbonyl (C=O) groups excluding carboxylic acids is 2. The average molecular weight is 303 g/mol. The van der Waals surface area contributed by atoms with Gasteiger partial charge in [-0.3, -0.25) is 4.79 Å². The van der Waals surface area contributed by atoms with Crippen LogP contribution >= 0.6 is 0 Å². The third-order valence-corrected chi connectivity index (χ3v) is 3.97. The molecule has 0 heterocycles. The van der Waals surface area contributed by atoms with Gasteiger partial charge in [-0.25, -0.2) is 4.79 Å². The number of anilines is 1. The fourth-order valence-electron chi connectivity index (χ4n) is 2.39. The Morgan fingerprint density at radius 1 is 1.05 bits per heavy atom. The van der Waals surface area contributed by atoms with Crippen molar-refractivity contribution in [1.29, 1.82) is 0 Å². The maximum absolute atomic E-state index is 12.4. The van der Waals surface area contributed by atoms with E-state index in [4.69, 9.17) is 0 Å². The van der Waals surface area contributed by atoms with Crippen molar-refractivity contribution in [1.82, 2.24) is 10.6 Å². The van der Waals surface area contributed by atoms with Crippen LogP contribution in [0.1, 0.15) is 33.6 Å². The maximum atomic E-state index is 12.4. The summed E-state index contributed by atoms with van der Waals surface area (Å²) in [7, 11) is 0. The second-order valence-electron chi connectivity index (χ2n) is 6.32. The number of nitrogens with one attached hydrogen (secondary N) is 3. The first kappa shape index (κ1) is 16.3. The zero-order valence-electron chi connectivity index (χ0n) is 13.4. The van der Waals surface area contributed by atoms with Crippen LogP contribution in [0.15, 0.2) is 30.3 Å². The number of rotatable bonds is 6. The number of amides is 3. The van der Waals surface area contributed by atoms with E-state index in [0.29, 0.717) is 11.6 Å². The molecule has 3 N–H and O–H groups in total. The van der Waals surface area contributed by atoms with E-state index >= 15 is 0 Å². The summed E-state index contributed by atoms with van der Waals surface area (Å²) in [5, 5.41) is 8.52. The number of hydrogen-bond donors (Lipinski definition) is 3. The molecule has 22 heavy (non-hydrogen) atoms.